The first-order valence-electron chi connectivity index (χ1n) is 5.81. The number of hydrogen-bond donors (Lipinski definition) is 2. The van der Waals surface area contributed by atoms with Crippen LogP contribution in [0.1, 0.15) is 33.9 Å². The summed E-state index contributed by atoms with van der Waals surface area (Å²) in [6.45, 7) is 6.25. The summed E-state index contributed by atoms with van der Waals surface area (Å²) in [5.74, 6) is 5.67. The molecule has 1 unspecified atom stereocenters. The number of halogens is 1. The molecule has 0 aliphatic carbocycles. The van der Waals surface area contributed by atoms with Gasteiger partial charge < -0.3 is 4.42 Å². The fourth-order valence-electron chi connectivity index (χ4n) is 2.15. The van der Waals surface area contributed by atoms with E-state index in [0.717, 1.165) is 11.1 Å². The summed E-state index contributed by atoms with van der Waals surface area (Å²) in [7, 11) is 0. The highest BCUT2D eigenvalue weighted by Gasteiger charge is 2.20. The molecule has 3 nitrogen and oxygen atoms in total. The van der Waals surface area contributed by atoms with E-state index in [1.54, 1.807) is 6.26 Å². The van der Waals surface area contributed by atoms with Crippen LogP contribution < -0.4 is 11.3 Å². The molecule has 0 spiro atoms. The number of nitrogens with one attached hydrogen (secondary N) is 1. The van der Waals surface area contributed by atoms with Gasteiger partial charge in [0.15, 0.2) is 5.22 Å². The van der Waals surface area contributed by atoms with E-state index in [-0.39, 0.29) is 6.04 Å². The molecule has 2 aromatic rings. The van der Waals surface area contributed by atoms with E-state index in [2.05, 4.69) is 38.3 Å². The van der Waals surface area contributed by atoms with Crippen LogP contribution in [0, 0.1) is 20.8 Å². The first-order chi connectivity index (χ1) is 8.54. The quantitative estimate of drug-likeness (QED) is 0.660. The molecule has 0 bridgehead atoms. The molecule has 2 rings (SSSR count). The minimum Gasteiger partial charge on any atom is -0.453 e. The summed E-state index contributed by atoms with van der Waals surface area (Å²) in [5.41, 5.74) is 8.45. The Hall–Kier alpha value is -1.29. The zero-order valence-electron chi connectivity index (χ0n) is 10.8. The van der Waals surface area contributed by atoms with Crippen molar-refractivity contribution < 1.29 is 4.42 Å². The highest BCUT2D eigenvalue weighted by molar-refractivity contribution is 6.29. The molecule has 1 heterocycles. The number of hydrogen-bond acceptors (Lipinski definition) is 3. The third-order valence-electron chi connectivity index (χ3n) is 3.32. The largest absolute Gasteiger partial charge is 0.453 e. The number of rotatable bonds is 3. The Balaban J connectivity index is 2.52. The Morgan fingerprint density at radius 3 is 2.33 bits per heavy atom. The first-order valence-corrected chi connectivity index (χ1v) is 6.19. The van der Waals surface area contributed by atoms with Crippen LogP contribution in [0.5, 0.6) is 0 Å². The maximum absolute atomic E-state index is 6.02. The molecule has 96 valence electrons. The van der Waals surface area contributed by atoms with Crippen LogP contribution in [0.3, 0.4) is 0 Å². The van der Waals surface area contributed by atoms with Crippen LogP contribution in [-0.4, -0.2) is 0 Å². The standard InChI is InChI=1S/C14H17ClN2O/c1-8-6-10(3)12(7-9(8)2)13(17-16)11-4-5-18-14(11)15/h4-7,13,17H,16H2,1-3H3. The van der Waals surface area contributed by atoms with Gasteiger partial charge in [-0.25, -0.2) is 5.43 Å². The van der Waals surface area contributed by atoms with Gasteiger partial charge in [-0.2, -0.15) is 0 Å². The van der Waals surface area contributed by atoms with Crippen molar-refractivity contribution in [2.24, 2.45) is 5.84 Å². The zero-order valence-corrected chi connectivity index (χ0v) is 11.5. The normalized spacial score (nSPS) is 12.7. The van der Waals surface area contributed by atoms with Crippen LogP contribution in [0.4, 0.5) is 0 Å². The maximum atomic E-state index is 6.02. The van der Waals surface area contributed by atoms with Crippen LogP contribution in [0.15, 0.2) is 28.9 Å². The van der Waals surface area contributed by atoms with Crippen molar-refractivity contribution in [1.29, 1.82) is 0 Å². The van der Waals surface area contributed by atoms with Crippen LogP contribution >= 0.6 is 11.6 Å². The Bertz CT molecular complexity index is 563. The predicted molar refractivity (Wildman–Crippen MR) is 73.5 cm³/mol. The summed E-state index contributed by atoms with van der Waals surface area (Å²) < 4.78 is 5.13. The minimum atomic E-state index is -0.157. The first kappa shape index (κ1) is 13.1. The van der Waals surface area contributed by atoms with Gasteiger partial charge >= 0.3 is 0 Å². The van der Waals surface area contributed by atoms with Gasteiger partial charge in [-0.3, -0.25) is 5.84 Å². The van der Waals surface area contributed by atoms with Gasteiger partial charge in [0.05, 0.1) is 12.3 Å². The van der Waals surface area contributed by atoms with Gasteiger partial charge in [0.1, 0.15) is 0 Å². The van der Waals surface area contributed by atoms with Crippen molar-refractivity contribution in [3.63, 3.8) is 0 Å². The summed E-state index contributed by atoms with van der Waals surface area (Å²) in [6.07, 6.45) is 1.57. The summed E-state index contributed by atoms with van der Waals surface area (Å²) >= 11 is 6.02. The molecular weight excluding hydrogens is 248 g/mol. The molecule has 1 atom stereocenters. The van der Waals surface area contributed by atoms with E-state index in [9.17, 15) is 0 Å². The third kappa shape index (κ3) is 2.29. The van der Waals surface area contributed by atoms with E-state index in [0.29, 0.717) is 5.22 Å². The summed E-state index contributed by atoms with van der Waals surface area (Å²) in [5, 5.41) is 0.371. The van der Waals surface area contributed by atoms with Crippen molar-refractivity contribution in [3.05, 3.63) is 57.5 Å². The van der Waals surface area contributed by atoms with Crippen molar-refractivity contribution >= 4 is 11.6 Å². The van der Waals surface area contributed by atoms with E-state index in [4.69, 9.17) is 21.9 Å². The topological polar surface area (TPSA) is 51.2 Å². The van der Waals surface area contributed by atoms with Crippen molar-refractivity contribution in [2.75, 3.05) is 0 Å². The van der Waals surface area contributed by atoms with Gasteiger partial charge in [0, 0.05) is 5.56 Å². The lowest BCUT2D eigenvalue weighted by Crippen LogP contribution is -2.29. The molecular formula is C14H17ClN2O. The van der Waals surface area contributed by atoms with Crippen molar-refractivity contribution in [2.45, 2.75) is 26.8 Å². The van der Waals surface area contributed by atoms with Crippen LogP contribution in [0.2, 0.25) is 5.22 Å². The second-order valence-corrected chi connectivity index (χ2v) is 4.89. The fourth-order valence-corrected chi connectivity index (χ4v) is 2.37. The molecule has 18 heavy (non-hydrogen) atoms. The van der Waals surface area contributed by atoms with E-state index in [1.807, 2.05) is 6.07 Å². The lowest BCUT2D eigenvalue weighted by molar-refractivity contribution is 0.555. The van der Waals surface area contributed by atoms with E-state index >= 15 is 0 Å². The molecule has 0 saturated heterocycles. The lowest BCUT2D eigenvalue weighted by Gasteiger charge is -2.19. The summed E-state index contributed by atoms with van der Waals surface area (Å²) in [6, 6.07) is 5.97. The van der Waals surface area contributed by atoms with Crippen molar-refractivity contribution in [3.8, 4) is 0 Å². The Kier molecular flexibility index (Phi) is 3.76. The molecule has 4 heteroatoms. The Morgan fingerprint density at radius 1 is 1.11 bits per heavy atom. The third-order valence-corrected chi connectivity index (χ3v) is 3.62. The summed E-state index contributed by atoms with van der Waals surface area (Å²) in [4.78, 5) is 0. The van der Waals surface area contributed by atoms with Gasteiger partial charge in [-0.15, -0.1) is 0 Å². The SMILES string of the molecule is Cc1cc(C)c(C(NN)c2ccoc2Cl)cc1C. The fraction of sp³-hybridized carbons (Fsp3) is 0.286. The Labute approximate surface area is 112 Å². The second-order valence-electron chi connectivity index (χ2n) is 4.54. The molecule has 0 aliphatic rings. The number of benzene rings is 1. The number of hydrazine groups is 1. The lowest BCUT2D eigenvalue weighted by atomic mass is 9.93. The van der Waals surface area contributed by atoms with Crippen molar-refractivity contribution in [1.82, 2.24) is 5.43 Å². The van der Waals surface area contributed by atoms with Gasteiger partial charge in [-0.05, 0) is 60.7 Å². The number of nitrogens with two attached hydrogens (primary N) is 1. The number of aryl methyl sites for hydroxylation is 3. The molecule has 1 aromatic carbocycles. The van der Waals surface area contributed by atoms with E-state index < -0.39 is 0 Å². The van der Waals surface area contributed by atoms with Gasteiger partial charge in [-0.1, -0.05) is 12.1 Å². The second kappa shape index (κ2) is 5.14. The van der Waals surface area contributed by atoms with Gasteiger partial charge in [0.25, 0.3) is 0 Å². The molecule has 0 saturated carbocycles. The van der Waals surface area contributed by atoms with E-state index in [1.165, 1.54) is 16.7 Å². The molecule has 1 aromatic heterocycles. The molecule has 0 fully saturated rings. The number of furan rings is 1. The average molecular weight is 265 g/mol. The minimum absolute atomic E-state index is 0.157. The predicted octanol–water partition coefficient (Wildman–Crippen LogP) is 3.41. The van der Waals surface area contributed by atoms with Gasteiger partial charge in [0.2, 0.25) is 0 Å². The molecule has 0 radical (unpaired) electrons. The molecule has 0 aliphatic heterocycles. The highest BCUT2D eigenvalue weighted by Crippen LogP contribution is 2.31. The van der Waals surface area contributed by atoms with Crippen LogP contribution in [0.25, 0.3) is 0 Å². The average Bonchev–Trinajstić information content (AvgIpc) is 2.73. The van der Waals surface area contributed by atoms with Crippen LogP contribution in [-0.2, 0) is 0 Å². The molecule has 3 N–H and O–H groups in total. The smallest absolute Gasteiger partial charge is 0.198 e. The molecule has 0 amide bonds. The highest BCUT2D eigenvalue weighted by atomic mass is 35.5. The Morgan fingerprint density at radius 2 is 1.78 bits per heavy atom. The zero-order chi connectivity index (χ0) is 13.3. The maximum Gasteiger partial charge on any atom is 0.198 e. The monoisotopic (exact) mass is 264 g/mol.